The molecule has 4 rings (SSSR count). The summed E-state index contributed by atoms with van der Waals surface area (Å²) in [6, 6.07) is 5.84. The van der Waals surface area contributed by atoms with Crippen LogP contribution in [0.15, 0.2) is 30.5 Å². The van der Waals surface area contributed by atoms with E-state index in [0.717, 1.165) is 37.6 Å². The number of hydrogen-bond acceptors (Lipinski definition) is 4. The number of nitrogens with zero attached hydrogens (tertiary/aromatic N) is 3. The Kier molecular flexibility index (Phi) is 5.85. The SMILES string of the molecule is C[C@H]1C[C@@H](NC(=O)C(C2CC2)N(C)C)CN(c2ccc(C(F)(F)F)c3ncccc23)C1. The highest BCUT2D eigenvalue weighted by molar-refractivity contribution is 5.94. The maximum atomic E-state index is 13.5. The van der Waals surface area contributed by atoms with E-state index < -0.39 is 11.7 Å². The molecule has 1 aromatic heterocycles. The standard InChI is InChI=1S/C23H29F3N4O/c1-14-11-16(28-22(31)21(29(2)3)15-6-7-15)13-30(12-14)19-9-8-18(23(24,25)26)20-17(19)5-4-10-27-20/h4-5,8-10,14-16,21H,6-7,11-13H2,1-3H3,(H,28,31)/t14-,16+,21?/m0/s1. The lowest BCUT2D eigenvalue weighted by Gasteiger charge is -2.39. The van der Waals surface area contributed by atoms with E-state index in [4.69, 9.17) is 0 Å². The molecule has 1 aromatic carbocycles. The molecule has 31 heavy (non-hydrogen) atoms. The summed E-state index contributed by atoms with van der Waals surface area (Å²) in [6.07, 6.45) is -0.0603. The van der Waals surface area contributed by atoms with Gasteiger partial charge in [0.2, 0.25) is 5.91 Å². The normalized spacial score (nSPS) is 23.3. The van der Waals surface area contributed by atoms with Crippen LogP contribution in [0.5, 0.6) is 0 Å². The van der Waals surface area contributed by atoms with Crippen LogP contribution in [0.4, 0.5) is 18.9 Å². The summed E-state index contributed by atoms with van der Waals surface area (Å²) in [4.78, 5) is 21.0. The first kappa shape index (κ1) is 21.9. The third-order valence-electron chi connectivity index (χ3n) is 6.29. The number of anilines is 1. The molecule has 1 aliphatic heterocycles. The number of amides is 1. The lowest BCUT2D eigenvalue weighted by Crippen LogP contribution is -2.55. The second-order valence-corrected chi connectivity index (χ2v) is 9.23. The number of rotatable bonds is 5. The highest BCUT2D eigenvalue weighted by Gasteiger charge is 2.39. The zero-order valence-electron chi connectivity index (χ0n) is 18.1. The van der Waals surface area contributed by atoms with Crippen LogP contribution < -0.4 is 10.2 Å². The largest absolute Gasteiger partial charge is 0.418 e. The highest BCUT2D eigenvalue weighted by atomic mass is 19.4. The van der Waals surface area contributed by atoms with Crippen molar-refractivity contribution in [3.63, 3.8) is 0 Å². The molecule has 1 saturated carbocycles. The lowest BCUT2D eigenvalue weighted by molar-refractivity contribution is -0.136. The van der Waals surface area contributed by atoms with Crippen LogP contribution in [0.2, 0.25) is 0 Å². The van der Waals surface area contributed by atoms with E-state index in [1.165, 1.54) is 12.3 Å². The Hall–Kier alpha value is -2.35. The van der Waals surface area contributed by atoms with E-state index in [0.29, 0.717) is 23.8 Å². The summed E-state index contributed by atoms with van der Waals surface area (Å²) < 4.78 is 40.4. The van der Waals surface area contributed by atoms with Gasteiger partial charge < -0.3 is 10.2 Å². The number of pyridine rings is 1. The van der Waals surface area contributed by atoms with Gasteiger partial charge in [-0.1, -0.05) is 6.92 Å². The quantitative estimate of drug-likeness (QED) is 0.775. The Morgan fingerprint density at radius 1 is 1.23 bits per heavy atom. The molecule has 2 aromatic rings. The number of hydrogen-bond donors (Lipinski definition) is 1. The summed E-state index contributed by atoms with van der Waals surface area (Å²) in [5.41, 5.74) is -0.0269. The zero-order chi connectivity index (χ0) is 22.3. The first-order valence-electron chi connectivity index (χ1n) is 10.8. The van der Waals surface area contributed by atoms with Gasteiger partial charge in [-0.05, 0) is 69.5 Å². The smallest absolute Gasteiger partial charge is 0.369 e. The predicted octanol–water partition coefficient (Wildman–Crippen LogP) is 3.92. The van der Waals surface area contributed by atoms with Crippen LogP contribution in [0.1, 0.15) is 31.7 Å². The van der Waals surface area contributed by atoms with Crippen molar-refractivity contribution in [3.05, 3.63) is 36.0 Å². The van der Waals surface area contributed by atoms with Gasteiger partial charge >= 0.3 is 6.18 Å². The minimum absolute atomic E-state index is 0.0345. The topological polar surface area (TPSA) is 48.5 Å². The average molecular weight is 435 g/mol. The van der Waals surface area contributed by atoms with Crippen LogP contribution in [0.25, 0.3) is 10.9 Å². The minimum Gasteiger partial charge on any atom is -0.369 e. The summed E-state index contributed by atoms with van der Waals surface area (Å²) in [7, 11) is 3.86. The minimum atomic E-state index is -4.46. The molecule has 1 amide bonds. The van der Waals surface area contributed by atoms with Crippen molar-refractivity contribution in [1.82, 2.24) is 15.2 Å². The number of likely N-dealkylation sites (N-methyl/N-ethyl adjacent to an activating group) is 1. The van der Waals surface area contributed by atoms with Gasteiger partial charge in [-0.3, -0.25) is 14.7 Å². The molecular formula is C23H29F3N4O. The van der Waals surface area contributed by atoms with Crippen LogP contribution in [-0.4, -0.2) is 55.1 Å². The first-order valence-corrected chi connectivity index (χ1v) is 10.8. The van der Waals surface area contributed by atoms with Crippen molar-refractivity contribution in [2.24, 2.45) is 11.8 Å². The number of piperidine rings is 1. The van der Waals surface area contributed by atoms with Crippen molar-refractivity contribution in [3.8, 4) is 0 Å². The zero-order valence-corrected chi connectivity index (χ0v) is 18.1. The second-order valence-electron chi connectivity index (χ2n) is 9.23. The van der Waals surface area contributed by atoms with E-state index in [-0.39, 0.29) is 23.5 Å². The number of alkyl halides is 3. The van der Waals surface area contributed by atoms with Crippen LogP contribution in [0.3, 0.4) is 0 Å². The molecule has 0 bridgehead atoms. The molecule has 0 radical (unpaired) electrons. The van der Waals surface area contributed by atoms with Gasteiger partial charge in [0, 0.05) is 36.4 Å². The fraction of sp³-hybridized carbons (Fsp3) is 0.565. The Labute approximate surface area is 180 Å². The molecule has 8 heteroatoms. The highest BCUT2D eigenvalue weighted by Crippen LogP contribution is 2.39. The van der Waals surface area contributed by atoms with E-state index >= 15 is 0 Å². The Morgan fingerprint density at radius 3 is 2.61 bits per heavy atom. The summed E-state index contributed by atoms with van der Waals surface area (Å²) in [6.45, 7) is 3.40. The third-order valence-corrected chi connectivity index (χ3v) is 6.29. The van der Waals surface area contributed by atoms with E-state index in [2.05, 4.69) is 22.1 Å². The van der Waals surface area contributed by atoms with Crippen molar-refractivity contribution in [2.45, 2.75) is 44.4 Å². The van der Waals surface area contributed by atoms with Gasteiger partial charge in [0.05, 0.1) is 17.1 Å². The van der Waals surface area contributed by atoms with Crippen LogP contribution >= 0.6 is 0 Å². The molecule has 168 valence electrons. The summed E-state index contributed by atoms with van der Waals surface area (Å²) >= 11 is 0. The molecule has 2 fully saturated rings. The van der Waals surface area contributed by atoms with Gasteiger partial charge in [-0.25, -0.2) is 0 Å². The number of fused-ring (bicyclic) bond motifs is 1. The molecule has 5 nitrogen and oxygen atoms in total. The van der Waals surface area contributed by atoms with E-state index in [9.17, 15) is 18.0 Å². The monoisotopic (exact) mass is 434 g/mol. The van der Waals surface area contributed by atoms with Gasteiger partial charge in [0.1, 0.15) is 0 Å². The van der Waals surface area contributed by atoms with E-state index in [1.54, 1.807) is 12.1 Å². The lowest BCUT2D eigenvalue weighted by atomic mass is 9.94. The number of benzene rings is 1. The molecule has 1 N–H and O–H groups in total. The van der Waals surface area contributed by atoms with Crippen molar-refractivity contribution < 1.29 is 18.0 Å². The second kappa shape index (κ2) is 8.30. The van der Waals surface area contributed by atoms with Crippen LogP contribution in [-0.2, 0) is 11.0 Å². The number of aromatic nitrogens is 1. The molecule has 2 heterocycles. The molecule has 1 aliphatic carbocycles. The molecule has 2 aliphatic rings. The third kappa shape index (κ3) is 4.63. The molecule has 1 unspecified atom stereocenters. The molecule has 1 saturated heterocycles. The Balaban J connectivity index is 1.59. The average Bonchev–Trinajstić information content (AvgIpc) is 3.50. The molecular weight excluding hydrogens is 405 g/mol. The first-order chi connectivity index (χ1) is 14.6. The van der Waals surface area contributed by atoms with Crippen molar-refractivity contribution in [2.75, 3.05) is 32.1 Å². The summed E-state index contributed by atoms with van der Waals surface area (Å²) in [5, 5.41) is 3.70. The maximum absolute atomic E-state index is 13.5. The van der Waals surface area contributed by atoms with Gasteiger partial charge in [0.15, 0.2) is 0 Å². The maximum Gasteiger partial charge on any atom is 0.418 e. The van der Waals surface area contributed by atoms with Crippen molar-refractivity contribution in [1.29, 1.82) is 0 Å². The molecule has 0 spiro atoms. The Bertz CT molecular complexity index is 955. The van der Waals surface area contributed by atoms with Gasteiger partial charge in [-0.15, -0.1) is 0 Å². The Morgan fingerprint density at radius 2 is 1.97 bits per heavy atom. The number of halogens is 3. The molecule has 3 atom stereocenters. The van der Waals surface area contributed by atoms with Crippen molar-refractivity contribution >= 4 is 22.5 Å². The van der Waals surface area contributed by atoms with Crippen LogP contribution in [0, 0.1) is 11.8 Å². The number of carbonyl (C=O) groups excluding carboxylic acids is 1. The van der Waals surface area contributed by atoms with Gasteiger partial charge in [-0.2, -0.15) is 13.2 Å². The van der Waals surface area contributed by atoms with Gasteiger partial charge in [0.25, 0.3) is 0 Å². The number of nitrogens with one attached hydrogen (secondary N) is 1. The number of carbonyl (C=O) groups is 1. The summed E-state index contributed by atoms with van der Waals surface area (Å²) in [5.74, 6) is 0.759. The predicted molar refractivity (Wildman–Crippen MR) is 115 cm³/mol. The van der Waals surface area contributed by atoms with E-state index in [1.807, 2.05) is 19.0 Å². The fourth-order valence-corrected chi connectivity index (χ4v) is 4.88. The fourth-order valence-electron chi connectivity index (χ4n) is 4.88.